The fourth-order valence-electron chi connectivity index (χ4n) is 3.38. The summed E-state index contributed by atoms with van der Waals surface area (Å²) in [4.78, 5) is 15.0. The van der Waals surface area contributed by atoms with E-state index in [1.165, 1.54) is 42.7 Å². The van der Waals surface area contributed by atoms with Gasteiger partial charge in [-0.2, -0.15) is 4.72 Å². The second-order valence-corrected chi connectivity index (χ2v) is 9.43. The second kappa shape index (κ2) is 9.90. The van der Waals surface area contributed by atoms with E-state index in [1.807, 2.05) is 24.3 Å². The minimum absolute atomic E-state index is 0.0609. The van der Waals surface area contributed by atoms with Crippen molar-refractivity contribution in [2.24, 2.45) is 5.92 Å². The van der Waals surface area contributed by atoms with E-state index in [-0.39, 0.29) is 17.3 Å². The summed E-state index contributed by atoms with van der Waals surface area (Å²) in [6, 6.07) is 13.6. The van der Waals surface area contributed by atoms with Crippen LogP contribution in [0.25, 0.3) is 0 Å². The smallest absolute Gasteiger partial charge is 0.255 e. The normalized spacial score (nSPS) is 15.5. The monoisotopic (exact) mass is 425 g/mol. The lowest BCUT2D eigenvalue weighted by Gasteiger charge is -2.30. The van der Waals surface area contributed by atoms with Crippen molar-refractivity contribution < 1.29 is 13.2 Å². The van der Waals surface area contributed by atoms with Gasteiger partial charge in [-0.05, 0) is 73.8 Å². The summed E-state index contributed by atoms with van der Waals surface area (Å²) < 4.78 is 26.4. The molecule has 1 fully saturated rings. The fraction of sp³-hybridized carbons (Fsp3) is 0.348. The largest absolute Gasteiger partial charge is 0.322 e. The van der Waals surface area contributed by atoms with Gasteiger partial charge in [0.1, 0.15) is 0 Å². The van der Waals surface area contributed by atoms with Crippen LogP contribution in [0.5, 0.6) is 0 Å². The summed E-state index contributed by atoms with van der Waals surface area (Å²) in [5.74, 6) is 2.74. The number of likely N-dealkylation sites (tertiary alicyclic amines) is 1. The Balaban J connectivity index is 1.57. The van der Waals surface area contributed by atoms with Crippen LogP contribution in [0.15, 0.2) is 53.4 Å². The van der Waals surface area contributed by atoms with Gasteiger partial charge < -0.3 is 5.32 Å². The quantitative estimate of drug-likeness (QED) is 0.669. The van der Waals surface area contributed by atoms with Gasteiger partial charge in [0, 0.05) is 17.8 Å². The molecular weight excluding hydrogens is 398 g/mol. The van der Waals surface area contributed by atoms with Crippen LogP contribution in [0.1, 0.15) is 35.7 Å². The SMILES string of the molecule is C#CCNS(=O)(=O)c1ccc(C(=O)Nc2ccc(CN3CCC(C)CC3)cc2)cc1. The van der Waals surface area contributed by atoms with Gasteiger partial charge in [0.05, 0.1) is 11.4 Å². The Morgan fingerprint density at radius 3 is 2.33 bits per heavy atom. The predicted molar refractivity (Wildman–Crippen MR) is 119 cm³/mol. The standard InChI is InChI=1S/C23H27N3O3S/c1-3-14-24-30(28,29)22-10-6-20(7-11-22)23(27)25-21-8-4-19(5-9-21)17-26-15-12-18(2)13-16-26/h1,4-11,18,24H,12-17H2,2H3,(H,25,27). The van der Waals surface area contributed by atoms with Crippen molar-refractivity contribution in [2.45, 2.75) is 31.2 Å². The van der Waals surface area contributed by atoms with Crippen LogP contribution < -0.4 is 10.0 Å². The predicted octanol–water partition coefficient (Wildman–Crippen LogP) is 3.08. The highest BCUT2D eigenvalue weighted by Crippen LogP contribution is 2.19. The molecule has 0 saturated carbocycles. The maximum absolute atomic E-state index is 12.5. The zero-order chi connectivity index (χ0) is 21.6. The number of benzene rings is 2. The minimum atomic E-state index is -3.67. The molecule has 0 aliphatic carbocycles. The van der Waals surface area contributed by atoms with Crippen molar-refractivity contribution in [1.29, 1.82) is 0 Å². The third-order valence-electron chi connectivity index (χ3n) is 5.29. The van der Waals surface area contributed by atoms with Gasteiger partial charge in [-0.15, -0.1) is 6.42 Å². The van der Waals surface area contributed by atoms with Crippen LogP contribution in [0, 0.1) is 18.3 Å². The number of rotatable bonds is 7. The van der Waals surface area contributed by atoms with Crippen LogP contribution in [0.4, 0.5) is 5.69 Å². The first-order valence-electron chi connectivity index (χ1n) is 10.0. The van der Waals surface area contributed by atoms with Gasteiger partial charge in [0.15, 0.2) is 0 Å². The number of hydrogen-bond acceptors (Lipinski definition) is 4. The highest BCUT2D eigenvalue weighted by Gasteiger charge is 2.16. The van der Waals surface area contributed by atoms with Gasteiger partial charge in [0.2, 0.25) is 10.0 Å². The van der Waals surface area contributed by atoms with Gasteiger partial charge in [-0.3, -0.25) is 9.69 Å². The number of carbonyl (C=O) groups is 1. The van der Waals surface area contributed by atoms with Crippen LogP contribution >= 0.6 is 0 Å². The molecule has 30 heavy (non-hydrogen) atoms. The molecule has 6 nitrogen and oxygen atoms in total. The van der Waals surface area contributed by atoms with E-state index in [0.29, 0.717) is 11.3 Å². The van der Waals surface area contributed by atoms with Crippen LogP contribution in [0.3, 0.4) is 0 Å². The first-order valence-corrected chi connectivity index (χ1v) is 11.5. The van der Waals surface area contributed by atoms with Crippen molar-refractivity contribution in [3.8, 4) is 12.3 Å². The average molecular weight is 426 g/mol. The number of sulfonamides is 1. The van der Waals surface area contributed by atoms with E-state index in [2.05, 4.69) is 27.8 Å². The number of terminal acetylenes is 1. The number of anilines is 1. The molecule has 0 aromatic heterocycles. The molecule has 0 unspecified atom stereocenters. The van der Waals surface area contributed by atoms with Crippen molar-refractivity contribution in [2.75, 3.05) is 25.0 Å². The Labute approximate surface area is 178 Å². The number of carbonyl (C=O) groups excluding carboxylic acids is 1. The summed E-state index contributed by atoms with van der Waals surface area (Å²) in [7, 11) is -3.67. The second-order valence-electron chi connectivity index (χ2n) is 7.66. The van der Waals surface area contributed by atoms with E-state index in [9.17, 15) is 13.2 Å². The molecular formula is C23H27N3O3S. The van der Waals surface area contributed by atoms with E-state index in [1.54, 1.807) is 0 Å². The molecule has 3 rings (SSSR count). The Kier molecular flexibility index (Phi) is 7.27. The molecule has 1 amide bonds. The first-order chi connectivity index (χ1) is 14.4. The molecule has 158 valence electrons. The summed E-state index contributed by atoms with van der Waals surface area (Å²) in [5.41, 5.74) is 2.29. The highest BCUT2D eigenvalue weighted by atomic mass is 32.2. The molecule has 0 spiro atoms. The van der Waals surface area contributed by atoms with Crippen molar-refractivity contribution >= 4 is 21.6 Å². The maximum atomic E-state index is 12.5. The summed E-state index contributed by atoms with van der Waals surface area (Å²) in [6.07, 6.45) is 7.57. The number of hydrogen-bond donors (Lipinski definition) is 2. The zero-order valence-corrected chi connectivity index (χ0v) is 17.9. The summed E-state index contributed by atoms with van der Waals surface area (Å²) in [5, 5.41) is 2.84. The van der Waals surface area contributed by atoms with Crippen LogP contribution in [-0.2, 0) is 16.6 Å². The number of nitrogens with one attached hydrogen (secondary N) is 2. The third kappa shape index (κ3) is 5.92. The van der Waals surface area contributed by atoms with Crippen molar-refractivity contribution in [3.05, 3.63) is 59.7 Å². The third-order valence-corrected chi connectivity index (χ3v) is 6.70. The molecule has 0 radical (unpaired) electrons. The molecule has 1 aliphatic rings. The lowest BCUT2D eigenvalue weighted by molar-refractivity contribution is 0.102. The summed E-state index contributed by atoms with van der Waals surface area (Å²) in [6.45, 7) is 5.40. The zero-order valence-electron chi connectivity index (χ0n) is 17.1. The molecule has 1 aliphatic heterocycles. The molecule has 1 heterocycles. The summed E-state index contributed by atoms with van der Waals surface area (Å²) >= 11 is 0. The topological polar surface area (TPSA) is 78.5 Å². The van der Waals surface area contributed by atoms with Crippen molar-refractivity contribution in [1.82, 2.24) is 9.62 Å². The van der Waals surface area contributed by atoms with Gasteiger partial charge >= 0.3 is 0 Å². The highest BCUT2D eigenvalue weighted by molar-refractivity contribution is 7.89. The van der Waals surface area contributed by atoms with Crippen molar-refractivity contribution in [3.63, 3.8) is 0 Å². The lowest BCUT2D eigenvalue weighted by Crippen LogP contribution is -2.32. The Bertz CT molecular complexity index is 1000. The number of piperidine rings is 1. The maximum Gasteiger partial charge on any atom is 0.255 e. The van der Waals surface area contributed by atoms with E-state index in [4.69, 9.17) is 6.42 Å². The molecule has 2 aromatic carbocycles. The van der Waals surface area contributed by atoms with E-state index < -0.39 is 10.0 Å². The Hall–Kier alpha value is -2.66. The fourth-order valence-corrected chi connectivity index (χ4v) is 4.32. The molecule has 2 N–H and O–H groups in total. The lowest BCUT2D eigenvalue weighted by atomic mass is 9.99. The van der Waals surface area contributed by atoms with Gasteiger partial charge in [-0.1, -0.05) is 25.0 Å². The van der Waals surface area contributed by atoms with Gasteiger partial charge in [-0.25, -0.2) is 8.42 Å². The van der Waals surface area contributed by atoms with E-state index >= 15 is 0 Å². The van der Waals surface area contributed by atoms with E-state index in [0.717, 1.165) is 25.6 Å². The number of nitrogens with zero attached hydrogens (tertiary/aromatic N) is 1. The Morgan fingerprint density at radius 2 is 1.73 bits per heavy atom. The minimum Gasteiger partial charge on any atom is -0.322 e. The van der Waals surface area contributed by atoms with Crippen LogP contribution in [0.2, 0.25) is 0 Å². The van der Waals surface area contributed by atoms with Gasteiger partial charge in [0.25, 0.3) is 5.91 Å². The average Bonchev–Trinajstić information content (AvgIpc) is 2.75. The number of amides is 1. The molecule has 2 aromatic rings. The van der Waals surface area contributed by atoms with Crippen LogP contribution in [-0.4, -0.2) is 38.9 Å². The molecule has 1 saturated heterocycles. The first kappa shape index (κ1) is 22.0. The Morgan fingerprint density at radius 1 is 1.10 bits per heavy atom. The molecule has 7 heteroatoms. The molecule has 0 atom stereocenters. The molecule has 0 bridgehead atoms.